The molecule has 2 rings (SSSR count). The summed E-state index contributed by atoms with van der Waals surface area (Å²) in [7, 11) is 4.06. The van der Waals surface area contributed by atoms with Crippen LogP contribution in [0.1, 0.15) is 11.1 Å². The van der Waals surface area contributed by atoms with Crippen LogP contribution in [0.2, 0.25) is 0 Å². The highest BCUT2D eigenvalue weighted by Crippen LogP contribution is 2.25. The summed E-state index contributed by atoms with van der Waals surface area (Å²) in [6, 6.07) is 14.9. The number of aryl methyl sites for hydroxylation is 1. The van der Waals surface area contributed by atoms with Gasteiger partial charge in [-0.25, -0.2) is 0 Å². The van der Waals surface area contributed by atoms with Crippen molar-refractivity contribution < 1.29 is 0 Å². The predicted molar refractivity (Wildman–Crippen MR) is 87.0 cm³/mol. The van der Waals surface area contributed by atoms with Crippen molar-refractivity contribution in [3.05, 3.63) is 58.1 Å². The molecule has 0 aromatic heterocycles. The van der Waals surface area contributed by atoms with Gasteiger partial charge in [-0.15, -0.1) is 0 Å². The highest BCUT2D eigenvalue weighted by atomic mass is 79.9. The summed E-state index contributed by atoms with van der Waals surface area (Å²) in [6.45, 7) is 3.05. The minimum absolute atomic E-state index is 0.904. The molecular weight excluding hydrogens is 300 g/mol. The molecular formula is C16H19BrN2. The number of halogens is 1. The molecule has 2 aromatic carbocycles. The normalized spacial score (nSPS) is 10.3. The molecule has 0 amide bonds. The average molecular weight is 319 g/mol. The first-order chi connectivity index (χ1) is 9.10. The standard InChI is InChI=1S/C16H19BrN2/c1-12-4-7-14(17)10-16(12)19(3)11-13-5-8-15(18-2)9-6-13/h4-10,18H,11H2,1-3H3. The van der Waals surface area contributed by atoms with Gasteiger partial charge in [-0.3, -0.25) is 0 Å². The smallest absolute Gasteiger partial charge is 0.0426 e. The summed E-state index contributed by atoms with van der Waals surface area (Å²) in [4.78, 5) is 2.27. The third kappa shape index (κ3) is 3.51. The first-order valence-corrected chi connectivity index (χ1v) is 7.13. The van der Waals surface area contributed by atoms with Gasteiger partial charge in [-0.1, -0.05) is 34.1 Å². The summed E-state index contributed by atoms with van der Waals surface area (Å²) < 4.78 is 1.12. The van der Waals surface area contributed by atoms with Gasteiger partial charge in [0.2, 0.25) is 0 Å². The zero-order chi connectivity index (χ0) is 13.8. The van der Waals surface area contributed by atoms with Crippen molar-refractivity contribution in [3.8, 4) is 0 Å². The number of nitrogens with zero attached hydrogens (tertiary/aromatic N) is 1. The van der Waals surface area contributed by atoms with Crippen molar-refractivity contribution in [2.75, 3.05) is 24.3 Å². The topological polar surface area (TPSA) is 15.3 Å². The summed E-state index contributed by atoms with van der Waals surface area (Å²) in [5.74, 6) is 0. The first kappa shape index (κ1) is 13.9. The van der Waals surface area contributed by atoms with Crippen molar-refractivity contribution in [1.82, 2.24) is 0 Å². The molecule has 0 aliphatic carbocycles. The van der Waals surface area contributed by atoms with Gasteiger partial charge >= 0.3 is 0 Å². The molecule has 1 N–H and O–H groups in total. The Balaban J connectivity index is 2.15. The van der Waals surface area contributed by atoms with Crippen molar-refractivity contribution in [2.24, 2.45) is 0 Å². The van der Waals surface area contributed by atoms with E-state index in [0.29, 0.717) is 0 Å². The lowest BCUT2D eigenvalue weighted by molar-refractivity contribution is 0.917. The van der Waals surface area contributed by atoms with Crippen LogP contribution >= 0.6 is 15.9 Å². The van der Waals surface area contributed by atoms with Gasteiger partial charge in [0.05, 0.1) is 0 Å². The maximum atomic E-state index is 3.53. The van der Waals surface area contributed by atoms with Crippen molar-refractivity contribution in [3.63, 3.8) is 0 Å². The quantitative estimate of drug-likeness (QED) is 0.896. The lowest BCUT2D eigenvalue weighted by Gasteiger charge is -2.22. The molecule has 0 bridgehead atoms. The molecule has 0 saturated carbocycles. The molecule has 100 valence electrons. The largest absolute Gasteiger partial charge is 0.388 e. The minimum atomic E-state index is 0.904. The highest BCUT2D eigenvalue weighted by Gasteiger charge is 2.06. The van der Waals surface area contributed by atoms with Crippen LogP contribution in [0, 0.1) is 6.92 Å². The van der Waals surface area contributed by atoms with Crippen LogP contribution in [0.4, 0.5) is 11.4 Å². The molecule has 0 atom stereocenters. The van der Waals surface area contributed by atoms with Gasteiger partial charge in [0.25, 0.3) is 0 Å². The third-order valence-corrected chi connectivity index (χ3v) is 3.74. The molecule has 3 heteroatoms. The van der Waals surface area contributed by atoms with Crippen LogP contribution in [0.5, 0.6) is 0 Å². The monoisotopic (exact) mass is 318 g/mol. The zero-order valence-electron chi connectivity index (χ0n) is 11.6. The SMILES string of the molecule is CNc1ccc(CN(C)c2cc(Br)ccc2C)cc1. The lowest BCUT2D eigenvalue weighted by atomic mass is 10.1. The maximum absolute atomic E-state index is 3.53. The van der Waals surface area contributed by atoms with E-state index in [1.807, 2.05) is 7.05 Å². The van der Waals surface area contributed by atoms with Crippen LogP contribution in [0.25, 0.3) is 0 Å². The number of anilines is 2. The number of benzene rings is 2. The Kier molecular flexibility index (Phi) is 4.48. The summed E-state index contributed by atoms with van der Waals surface area (Å²) >= 11 is 3.53. The summed E-state index contributed by atoms with van der Waals surface area (Å²) in [5, 5.41) is 3.14. The van der Waals surface area contributed by atoms with E-state index in [1.54, 1.807) is 0 Å². The van der Waals surface area contributed by atoms with E-state index in [9.17, 15) is 0 Å². The molecule has 0 fully saturated rings. The van der Waals surface area contributed by atoms with Gasteiger partial charge < -0.3 is 10.2 Å². The van der Waals surface area contributed by atoms with Crippen molar-refractivity contribution >= 4 is 27.3 Å². The Morgan fingerprint density at radius 2 is 1.79 bits per heavy atom. The number of nitrogens with one attached hydrogen (secondary N) is 1. The van der Waals surface area contributed by atoms with E-state index in [4.69, 9.17) is 0 Å². The van der Waals surface area contributed by atoms with Crippen LogP contribution < -0.4 is 10.2 Å². The number of rotatable bonds is 4. The fraction of sp³-hybridized carbons (Fsp3) is 0.250. The lowest BCUT2D eigenvalue weighted by Crippen LogP contribution is -2.17. The molecule has 0 spiro atoms. The van der Waals surface area contributed by atoms with E-state index >= 15 is 0 Å². The van der Waals surface area contributed by atoms with E-state index in [0.717, 1.165) is 16.7 Å². The second-order valence-electron chi connectivity index (χ2n) is 4.73. The van der Waals surface area contributed by atoms with Crippen molar-refractivity contribution in [1.29, 1.82) is 0 Å². The Hall–Kier alpha value is -1.48. The highest BCUT2D eigenvalue weighted by molar-refractivity contribution is 9.10. The van der Waals surface area contributed by atoms with E-state index in [1.165, 1.54) is 16.8 Å². The fourth-order valence-electron chi connectivity index (χ4n) is 2.13. The molecule has 0 saturated heterocycles. The molecule has 19 heavy (non-hydrogen) atoms. The Morgan fingerprint density at radius 1 is 1.11 bits per heavy atom. The van der Waals surface area contributed by atoms with Gasteiger partial charge in [0.15, 0.2) is 0 Å². The Morgan fingerprint density at radius 3 is 2.42 bits per heavy atom. The predicted octanol–water partition coefficient (Wildman–Crippen LogP) is 4.44. The van der Waals surface area contributed by atoms with Gasteiger partial charge in [-0.05, 0) is 42.3 Å². The minimum Gasteiger partial charge on any atom is -0.388 e. The van der Waals surface area contributed by atoms with Crippen LogP contribution in [-0.2, 0) is 6.54 Å². The van der Waals surface area contributed by atoms with Crippen LogP contribution in [-0.4, -0.2) is 14.1 Å². The number of hydrogen-bond acceptors (Lipinski definition) is 2. The van der Waals surface area contributed by atoms with Crippen LogP contribution in [0.3, 0.4) is 0 Å². The molecule has 2 nitrogen and oxygen atoms in total. The Bertz CT molecular complexity index is 549. The molecule has 0 aliphatic heterocycles. The maximum Gasteiger partial charge on any atom is 0.0426 e. The van der Waals surface area contributed by atoms with Gasteiger partial charge in [0.1, 0.15) is 0 Å². The van der Waals surface area contributed by atoms with Gasteiger partial charge in [-0.2, -0.15) is 0 Å². The average Bonchev–Trinajstić information content (AvgIpc) is 2.42. The van der Waals surface area contributed by atoms with E-state index in [2.05, 4.69) is 82.6 Å². The summed E-state index contributed by atoms with van der Waals surface area (Å²) in [5.41, 5.74) is 5.00. The summed E-state index contributed by atoms with van der Waals surface area (Å²) in [6.07, 6.45) is 0. The van der Waals surface area contributed by atoms with Crippen LogP contribution in [0.15, 0.2) is 46.9 Å². The second-order valence-corrected chi connectivity index (χ2v) is 5.65. The van der Waals surface area contributed by atoms with E-state index in [-0.39, 0.29) is 0 Å². The van der Waals surface area contributed by atoms with Gasteiger partial charge in [0, 0.05) is 36.5 Å². The molecule has 0 heterocycles. The molecule has 0 aliphatic rings. The molecule has 0 unspecified atom stereocenters. The van der Waals surface area contributed by atoms with Crippen molar-refractivity contribution in [2.45, 2.75) is 13.5 Å². The fourth-order valence-corrected chi connectivity index (χ4v) is 2.48. The Labute approximate surface area is 123 Å². The molecule has 0 radical (unpaired) electrons. The number of hydrogen-bond donors (Lipinski definition) is 1. The van der Waals surface area contributed by atoms with E-state index < -0.39 is 0 Å². The zero-order valence-corrected chi connectivity index (χ0v) is 13.2. The first-order valence-electron chi connectivity index (χ1n) is 6.34. The second kappa shape index (κ2) is 6.11. The molecule has 2 aromatic rings. The third-order valence-electron chi connectivity index (χ3n) is 3.24.